The third-order valence-corrected chi connectivity index (χ3v) is 3.89. The molecule has 5 nitrogen and oxygen atoms in total. The molecule has 2 amide bonds. The highest BCUT2D eigenvalue weighted by Crippen LogP contribution is 2.34. The first-order valence-corrected chi connectivity index (χ1v) is 7.63. The highest BCUT2D eigenvalue weighted by molar-refractivity contribution is 6.30. The minimum Gasteiger partial charge on any atom is -0.271 e. The molecule has 2 rings (SSSR count). The van der Waals surface area contributed by atoms with Crippen LogP contribution in [0.5, 0.6) is 0 Å². The summed E-state index contributed by atoms with van der Waals surface area (Å²) < 4.78 is 38.0. The maximum atomic E-state index is 12.7. The Morgan fingerprint density at radius 1 is 1.25 bits per heavy atom. The number of hydrogen-bond donors (Lipinski definition) is 1. The molecule has 1 aliphatic heterocycles. The number of hydrazine groups is 1. The second kappa shape index (κ2) is 6.80. The number of anilines is 1. The van der Waals surface area contributed by atoms with Crippen molar-refractivity contribution in [1.29, 1.82) is 0 Å². The number of carbonyl (C=O) groups excluding carboxylic acids is 2. The topological polar surface area (TPSA) is 62.3 Å². The number of nitrogens with one attached hydrogen (secondary N) is 1. The third kappa shape index (κ3) is 3.53. The summed E-state index contributed by atoms with van der Waals surface area (Å²) in [6.07, 6.45) is -2.55. The molecular weight excluding hydrogens is 347 g/mol. The SMILES string of the molecule is CCCCC1=C(C)C(=O)N(Nc2ccc(C(F)(F)F)c(Cl)n2)C1=O. The second-order valence-electron chi connectivity index (χ2n) is 5.30. The van der Waals surface area contributed by atoms with Crippen molar-refractivity contribution in [1.82, 2.24) is 9.99 Å². The van der Waals surface area contributed by atoms with Gasteiger partial charge >= 0.3 is 6.18 Å². The van der Waals surface area contributed by atoms with Crippen LogP contribution in [0.1, 0.15) is 38.7 Å². The number of imide groups is 1. The molecule has 0 unspecified atom stereocenters. The smallest absolute Gasteiger partial charge is 0.271 e. The summed E-state index contributed by atoms with van der Waals surface area (Å²) in [6, 6.07) is 1.75. The molecule has 24 heavy (non-hydrogen) atoms. The van der Waals surface area contributed by atoms with E-state index in [9.17, 15) is 22.8 Å². The number of pyridine rings is 1. The van der Waals surface area contributed by atoms with Gasteiger partial charge in [-0.1, -0.05) is 24.9 Å². The minimum atomic E-state index is -4.63. The summed E-state index contributed by atoms with van der Waals surface area (Å²) >= 11 is 5.53. The lowest BCUT2D eigenvalue weighted by Crippen LogP contribution is -2.37. The van der Waals surface area contributed by atoms with Crippen LogP contribution in [0, 0.1) is 0 Å². The zero-order valence-electron chi connectivity index (χ0n) is 13.0. The van der Waals surface area contributed by atoms with Gasteiger partial charge in [-0.25, -0.2) is 4.98 Å². The molecule has 130 valence electrons. The van der Waals surface area contributed by atoms with Gasteiger partial charge in [0.1, 0.15) is 11.0 Å². The van der Waals surface area contributed by atoms with Gasteiger partial charge in [-0.05, 0) is 31.9 Å². The maximum absolute atomic E-state index is 12.7. The van der Waals surface area contributed by atoms with E-state index in [-0.39, 0.29) is 5.82 Å². The lowest BCUT2D eigenvalue weighted by Gasteiger charge is -2.17. The van der Waals surface area contributed by atoms with Gasteiger partial charge in [-0.15, -0.1) is 0 Å². The van der Waals surface area contributed by atoms with Gasteiger partial charge in [0.05, 0.1) is 5.56 Å². The molecular formula is C15H15ClF3N3O2. The Bertz CT molecular complexity index is 716. The Kier molecular flexibility index (Phi) is 5.17. The molecule has 0 saturated heterocycles. The van der Waals surface area contributed by atoms with E-state index in [1.807, 2.05) is 6.92 Å². The quantitative estimate of drug-likeness (QED) is 0.637. The van der Waals surface area contributed by atoms with E-state index < -0.39 is 28.7 Å². The van der Waals surface area contributed by atoms with Gasteiger partial charge in [0.15, 0.2) is 0 Å². The number of rotatable bonds is 5. The molecule has 0 fully saturated rings. The van der Waals surface area contributed by atoms with Crippen LogP contribution in [0.4, 0.5) is 19.0 Å². The highest BCUT2D eigenvalue weighted by atomic mass is 35.5. The molecule has 0 radical (unpaired) electrons. The number of nitrogens with zero attached hydrogens (tertiary/aromatic N) is 2. The Morgan fingerprint density at radius 3 is 2.46 bits per heavy atom. The number of hydrogen-bond acceptors (Lipinski definition) is 4. The normalized spacial score (nSPS) is 15.5. The van der Waals surface area contributed by atoms with Crippen molar-refractivity contribution in [2.75, 3.05) is 5.43 Å². The van der Waals surface area contributed by atoms with Crippen molar-refractivity contribution in [3.8, 4) is 0 Å². The summed E-state index contributed by atoms with van der Waals surface area (Å²) in [4.78, 5) is 28.0. The van der Waals surface area contributed by atoms with E-state index in [0.29, 0.717) is 17.6 Å². The molecule has 0 atom stereocenters. The molecule has 0 aromatic carbocycles. The molecule has 0 aliphatic carbocycles. The van der Waals surface area contributed by atoms with E-state index in [4.69, 9.17) is 11.6 Å². The standard InChI is InChI=1S/C15H15ClF3N3O2/c1-3-4-5-9-8(2)13(23)22(14(9)24)21-11-7-6-10(12(16)20-11)15(17,18)19/h6-7H,3-5H2,1-2H3,(H,20,21). The fourth-order valence-corrected chi connectivity index (χ4v) is 2.52. The number of halogens is 4. The van der Waals surface area contributed by atoms with Crippen molar-refractivity contribution < 1.29 is 22.8 Å². The molecule has 0 spiro atoms. The van der Waals surface area contributed by atoms with E-state index in [2.05, 4.69) is 10.4 Å². The van der Waals surface area contributed by atoms with Crippen LogP contribution in [0.25, 0.3) is 0 Å². The van der Waals surface area contributed by atoms with Crippen LogP contribution in [0.15, 0.2) is 23.3 Å². The van der Waals surface area contributed by atoms with Crippen molar-refractivity contribution in [2.24, 2.45) is 0 Å². The summed E-state index contributed by atoms with van der Waals surface area (Å²) in [7, 11) is 0. The van der Waals surface area contributed by atoms with Crippen LogP contribution in [-0.2, 0) is 15.8 Å². The Balaban J connectivity index is 2.19. The number of unbranched alkanes of at least 4 members (excludes halogenated alkanes) is 1. The summed E-state index contributed by atoms with van der Waals surface area (Å²) in [5.74, 6) is -1.20. The van der Waals surface area contributed by atoms with Gasteiger partial charge in [0.25, 0.3) is 11.8 Å². The first kappa shape index (κ1) is 18.3. The third-order valence-electron chi connectivity index (χ3n) is 3.60. The van der Waals surface area contributed by atoms with E-state index in [1.165, 1.54) is 0 Å². The maximum Gasteiger partial charge on any atom is 0.419 e. The van der Waals surface area contributed by atoms with Crippen molar-refractivity contribution in [2.45, 2.75) is 39.3 Å². The molecule has 1 aromatic heterocycles. The molecule has 0 saturated carbocycles. The van der Waals surface area contributed by atoms with Crippen molar-refractivity contribution in [3.63, 3.8) is 0 Å². The average molecular weight is 362 g/mol. The lowest BCUT2D eigenvalue weighted by atomic mass is 10.1. The van der Waals surface area contributed by atoms with Gasteiger partial charge in [0.2, 0.25) is 0 Å². The lowest BCUT2D eigenvalue weighted by molar-refractivity contribution is -0.138. The van der Waals surface area contributed by atoms with E-state index in [1.54, 1.807) is 6.92 Å². The molecule has 2 heterocycles. The number of amides is 2. The molecule has 1 N–H and O–H groups in total. The monoisotopic (exact) mass is 361 g/mol. The zero-order valence-corrected chi connectivity index (χ0v) is 13.8. The molecule has 9 heteroatoms. The molecule has 1 aromatic rings. The average Bonchev–Trinajstić information content (AvgIpc) is 2.68. The van der Waals surface area contributed by atoms with Crippen LogP contribution in [0.2, 0.25) is 5.15 Å². The van der Waals surface area contributed by atoms with Crippen LogP contribution >= 0.6 is 11.6 Å². The van der Waals surface area contributed by atoms with Gasteiger partial charge in [0, 0.05) is 11.1 Å². The van der Waals surface area contributed by atoms with E-state index in [0.717, 1.165) is 30.0 Å². The van der Waals surface area contributed by atoms with Gasteiger partial charge in [-0.2, -0.15) is 18.2 Å². The van der Waals surface area contributed by atoms with Gasteiger partial charge < -0.3 is 0 Å². The zero-order chi connectivity index (χ0) is 18.1. The molecule has 1 aliphatic rings. The summed E-state index contributed by atoms with van der Waals surface area (Å²) in [6.45, 7) is 3.50. The first-order valence-electron chi connectivity index (χ1n) is 7.25. The van der Waals surface area contributed by atoms with Crippen LogP contribution in [0.3, 0.4) is 0 Å². The van der Waals surface area contributed by atoms with Gasteiger partial charge in [-0.3, -0.25) is 15.0 Å². The Hall–Kier alpha value is -2.09. The number of alkyl halides is 3. The Morgan fingerprint density at radius 2 is 1.92 bits per heavy atom. The number of carbonyl (C=O) groups is 2. The Labute approximate surface area is 141 Å². The second-order valence-corrected chi connectivity index (χ2v) is 5.66. The molecule has 0 bridgehead atoms. The van der Waals surface area contributed by atoms with Crippen LogP contribution in [-0.4, -0.2) is 21.8 Å². The first-order chi connectivity index (χ1) is 11.2. The highest BCUT2D eigenvalue weighted by Gasteiger charge is 2.37. The summed E-state index contributed by atoms with van der Waals surface area (Å²) in [5, 5.41) is -0.0193. The van der Waals surface area contributed by atoms with Crippen molar-refractivity contribution >= 4 is 29.2 Å². The number of aromatic nitrogens is 1. The predicted octanol–water partition coefficient (Wildman–Crippen LogP) is 3.96. The van der Waals surface area contributed by atoms with Crippen LogP contribution < -0.4 is 5.43 Å². The van der Waals surface area contributed by atoms with E-state index >= 15 is 0 Å². The summed E-state index contributed by atoms with van der Waals surface area (Å²) in [5.41, 5.74) is 2.05. The minimum absolute atomic E-state index is 0.126. The largest absolute Gasteiger partial charge is 0.419 e. The fraction of sp³-hybridized carbons (Fsp3) is 0.400. The van der Waals surface area contributed by atoms with Crippen molar-refractivity contribution in [3.05, 3.63) is 34.0 Å². The predicted molar refractivity (Wildman–Crippen MR) is 81.9 cm³/mol. The fourth-order valence-electron chi connectivity index (χ4n) is 2.26.